The Morgan fingerprint density at radius 1 is 0.676 bits per heavy atom. The fourth-order valence-electron chi connectivity index (χ4n) is 3.38. The molecule has 2 aromatic heterocycles. The number of imidazole rings is 1. The predicted molar refractivity (Wildman–Crippen MR) is 134 cm³/mol. The Balaban J connectivity index is 1.38. The van der Waals surface area contributed by atoms with Crippen LogP contribution in [0.3, 0.4) is 0 Å². The zero-order chi connectivity index (χ0) is 25.5. The van der Waals surface area contributed by atoms with Gasteiger partial charge in [0.2, 0.25) is 0 Å². The van der Waals surface area contributed by atoms with E-state index in [-0.39, 0.29) is 11.4 Å². The Kier molecular flexibility index (Phi) is 6.93. The standard InChI is InChI=1S/C26H21N7O4/c34-25-23-24(28-16-27-23)26(35)33-30-13-18-6-10-22(11-7-18)37-15-20-3-1-2-19(31-20)14-36-21-8-4-17(5-9-21)12-29-32-25/h1-13,16H,14-15H2,(H,27,28)(H,32,34)(H,33,35)/b29-12+,30-13+. The summed E-state index contributed by atoms with van der Waals surface area (Å²) in [5, 5.41) is 7.90. The number of nitrogens with one attached hydrogen (secondary N) is 3. The first-order chi connectivity index (χ1) is 18.1. The molecule has 4 aromatic rings. The second kappa shape index (κ2) is 11.0. The third kappa shape index (κ3) is 6.03. The first-order valence-electron chi connectivity index (χ1n) is 11.2. The molecule has 6 heterocycles. The van der Waals surface area contributed by atoms with Crippen LogP contribution in [-0.4, -0.2) is 39.2 Å². The summed E-state index contributed by atoms with van der Waals surface area (Å²) in [5.74, 6) is 0.0383. The van der Waals surface area contributed by atoms with Crippen molar-refractivity contribution in [1.29, 1.82) is 0 Å². The number of rotatable bonds is 0. The zero-order valence-corrected chi connectivity index (χ0v) is 19.4. The van der Waals surface area contributed by atoms with E-state index in [1.807, 2.05) is 18.2 Å². The van der Waals surface area contributed by atoms with Gasteiger partial charge in [-0.15, -0.1) is 0 Å². The topological polar surface area (TPSA) is 143 Å². The molecule has 3 N–H and O–H groups in total. The van der Waals surface area contributed by atoms with Crippen LogP contribution in [0.15, 0.2) is 83.3 Å². The van der Waals surface area contributed by atoms with Gasteiger partial charge in [-0.25, -0.2) is 15.8 Å². The van der Waals surface area contributed by atoms with Crippen LogP contribution in [0.25, 0.3) is 0 Å². The van der Waals surface area contributed by atoms with Gasteiger partial charge in [0.1, 0.15) is 30.4 Å². The van der Waals surface area contributed by atoms with Crippen LogP contribution in [0.1, 0.15) is 43.5 Å². The summed E-state index contributed by atoms with van der Waals surface area (Å²) >= 11 is 0. The highest BCUT2D eigenvalue weighted by Crippen LogP contribution is 2.15. The maximum Gasteiger partial charge on any atom is 0.292 e. The molecule has 0 saturated carbocycles. The Labute approximate surface area is 211 Å². The van der Waals surface area contributed by atoms with Crippen LogP contribution < -0.4 is 20.3 Å². The highest BCUT2D eigenvalue weighted by atomic mass is 16.5. The molecule has 0 atom stereocenters. The lowest BCUT2D eigenvalue weighted by atomic mass is 10.2. The van der Waals surface area contributed by atoms with Gasteiger partial charge in [0, 0.05) is 0 Å². The average Bonchev–Trinajstić information content (AvgIpc) is 3.42. The van der Waals surface area contributed by atoms with Crippen LogP contribution in [0.2, 0.25) is 0 Å². The number of ether oxygens (including phenoxy) is 2. The molecule has 8 rings (SSSR count). The van der Waals surface area contributed by atoms with E-state index in [1.54, 1.807) is 48.5 Å². The quantitative estimate of drug-likeness (QED) is 0.342. The maximum atomic E-state index is 12.5. The SMILES string of the molecule is O=C1N/N=C/c2ccc(cc2)OCc2cccc(n2)COc2ccc(cc2)/C=N/NC(=O)c2[nH]cnc21. The smallest absolute Gasteiger partial charge is 0.292 e. The van der Waals surface area contributed by atoms with Crippen molar-refractivity contribution >= 4 is 24.2 Å². The number of aromatic amines is 1. The Bertz CT molecular complexity index is 1360. The van der Waals surface area contributed by atoms with Crippen LogP contribution in [0, 0.1) is 0 Å². The van der Waals surface area contributed by atoms with Crippen LogP contribution in [0.5, 0.6) is 11.5 Å². The third-order valence-corrected chi connectivity index (χ3v) is 5.24. The van der Waals surface area contributed by atoms with E-state index >= 15 is 0 Å². The number of pyridine rings is 1. The molecule has 11 nitrogen and oxygen atoms in total. The van der Waals surface area contributed by atoms with Crippen LogP contribution >= 0.6 is 0 Å². The van der Waals surface area contributed by atoms with Crippen molar-refractivity contribution in [2.75, 3.05) is 0 Å². The number of amides is 2. The molecule has 2 aromatic carbocycles. The molecule has 0 aliphatic carbocycles. The number of hydrazone groups is 2. The van der Waals surface area contributed by atoms with Crippen molar-refractivity contribution in [3.63, 3.8) is 0 Å². The maximum absolute atomic E-state index is 12.5. The number of hydrogen-bond acceptors (Lipinski definition) is 8. The largest absolute Gasteiger partial charge is 0.487 e. The van der Waals surface area contributed by atoms with Crippen molar-refractivity contribution in [2.45, 2.75) is 13.2 Å². The molecule has 0 fully saturated rings. The van der Waals surface area contributed by atoms with Gasteiger partial charge in [-0.2, -0.15) is 10.2 Å². The van der Waals surface area contributed by atoms with Crippen molar-refractivity contribution in [3.8, 4) is 11.5 Å². The molecular formula is C26H21N7O4. The minimum Gasteiger partial charge on any atom is -0.487 e. The van der Waals surface area contributed by atoms with E-state index in [0.29, 0.717) is 24.7 Å². The lowest BCUT2D eigenvalue weighted by Gasteiger charge is -2.09. The molecule has 0 spiro atoms. The Hall–Kier alpha value is -5.32. The van der Waals surface area contributed by atoms with Gasteiger partial charge >= 0.3 is 0 Å². The van der Waals surface area contributed by atoms with E-state index in [9.17, 15) is 9.59 Å². The Morgan fingerprint density at radius 3 is 1.78 bits per heavy atom. The molecule has 184 valence electrons. The molecular weight excluding hydrogens is 474 g/mol. The molecule has 6 bridgehead atoms. The minimum atomic E-state index is -0.651. The Morgan fingerprint density at radius 2 is 1.22 bits per heavy atom. The molecule has 0 saturated heterocycles. The van der Waals surface area contributed by atoms with E-state index in [4.69, 9.17) is 9.47 Å². The van der Waals surface area contributed by atoms with E-state index in [0.717, 1.165) is 22.5 Å². The zero-order valence-electron chi connectivity index (χ0n) is 19.4. The van der Waals surface area contributed by atoms with E-state index in [2.05, 4.69) is 36.0 Å². The number of H-pyrrole nitrogens is 1. The lowest BCUT2D eigenvalue weighted by Crippen LogP contribution is -2.25. The number of carbonyl (C=O) groups is 2. The predicted octanol–water partition coefficient (Wildman–Crippen LogP) is 2.80. The van der Waals surface area contributed by atoms with Crippen molar-refractivity contribution < 1.29 is 19.1 Å². The molecule has 0 radical (unpaired) electrons. The van der Waals surface area contributed by atoms with Gasteiger partial charge in [0.25, 0.3) is 11.8 Å². The number of nitrogens with zero attached hydrogens (tertiary/aromatic N) is 4. The highest BCUT2D eigenvalue weighted by molar-refractivity contribution is 6.05. The van der Waals surface area contributed by atoms with Crippen molar-refractivity contribution in [1.82, 2.24) is 25.8 Å². The van der Waals surface area contributed by atoms with Gasteiger partial charge in [-0.3, -0.25) is 14.6 Å². The van der Waals surface area contributed by atoms with Crippen molar-refractivity contribution in [2.24, 2.45) is 10.2 Å². The third-order valence-electron chi connectivity index (χ3n) is 5.24. The molecule has 11 heteroatoms. The molecule has 2 amide bonds. The van der Waals surface area contributed by atoms with Gasteiger partial charge in [0.15, 0.2) is 5.69 Å². The average molecular weight is 495 g/mol. The molecule has 4 aliphatic rings. The summed E-state index contributed by atoms with van der Waals surface area (Å²) < 4.78 is 11.7. The summed E-state index contributed by atoms with van der Waals surface area (Å²) in [6.07, 6.45) is 4.19. The second-order valence-corrected chi connectivity index (χ2v) is 7.86. The number of benzene rings is 2. The van der Waals surface area contributed by atoms with Gasteiger partial charge < -0.3 is 14.5 Å². The first kappa shape index (κ1) is 23.4. The van der Waals surface area contributed by atoms with Gasteiger partial charge in [-0.1, -0.05) is 6.07 Å². The summed E-state index contributed by atoms with van der Waals surface area (Å²) in [7, 11) is 0. The van der Waals surface area contributed by atoms with Gasteiger partial charge in [-0.05, 0) is 71.8 Å². The molecule has 37 heavy (non-hydrogen) atoms. The summed E-state index contributed by atoms with van der Waals surface area (Å²) in [5.41, 5.74) is 7.60. The van der Waals surface area contributed by atoms with Crippen LogP contribution in [-0.2, 0) is 13.2 Å². The molecule has 4 aliphatic heterocycles. The summed E-state index contributed by atoms with van der Waals surface area (Å²) in [6.45, 7) is 0.592. The normalized spacial score (nSPS) is 15.7. The van der Waals surface area contributed by atoms with E-state index < -0.39 is 11.8 Å². The fraction of sp³-hybridized carbons (Fsp3) is 0.0769. The monoisotopic (exact) mass is 495 g/mol. The van der Waals surface area contributed by atoms with E-state index in [1.165, 1.54) is 18.8 Å². The fourth-order valence-corrected chi connectivity index (χ4v) is 3.38. The molecule has 0 unspecified atom stereocenters. The second-order valence-electron chi connectivity index (χ2n) is 7.86. The van der Waals surface area contributed by atoms with Crippen LogP contribution in [0.4, 0.5) is 0 Å². The van der Waals surface area contributed by atoms with Gasteiger partial charge in [0.05, 0.1) is 30.1 Å². The number of hydrogen-bond donors (Lipinski definition) is 3. The lowest BCUT2D eigenvalue weighted by molar-refractivity contribution is 0.0915. The minimum absolute atomic E-state index is 0.0436. The summed E-state index contributed by atoms with van der Waals surface area (Å²) in [6, 6.07) is 20.0. The first-order valence-corrected chi connectivity index (χ1v) is 11.2. The number of carbonyl (C=O) groups excluding carboxylic acids is 2. The summed E-state index contributed by atoms with van der Waals surface area (Å²) in [4.78, 5) is 36.2. The van der Waals surface area contributed by atoms with Crippen molar-refractivity contribution in [3.05, 3.63) is 107 Å². The highest BCUT2D eigenvalue weighted by Gasteiger charge is 2.19. The number of aromatic nitrogens is 3.